The van der Waals surface area contributed by atoms with E-state index < -0.39 is 5.97 Å². The van der Waals surface area contributed by atoms with E-state index in [1.54, 1.807) is 29.0 Å². The first-order valence-electron chi connectivity index (χ1n) is 5.58. The van der Waals surface area contributed by atoms with Crippen molar-refractivity contribution >= 4 is 23.1 Å². The monoisotopic (exact) mass is 276 g/mol. The summed E-state index contributed by atoms with van der Waals surface area (Å²) < 4.78 is 6.94. The fourth-order valence-corrected chi connectivity index (χ4v) is 2.31. The Balaban J connectivity index is 2.17. The number of carboxylic acid groups (broad SMARTS) is 1. The molecule has 0 amide bonds. The summed E-state index contributed by atoms with van der Waals surface area (Å²) in [5.74, 6) is 0.347. The number of fused-ring (bicyclic) bond motifs is 1. The van der Waals surface area contributed by atoms with Crippen LogP contribution in [0.5, 0.6) is 0 Å². The molecule has 0 saturated heterocycles. The molecule has 0 spiro atoms. The first kappa shape index (κ1) is 11.8. The Morgan fingerprint density at radius 1 is 1.42 bits per heavy atom. The van der Waals surface area contributed by atoms with E-state index in [1.165, 1.54) is 6.07 Å². The van der Waals surface area contributed by atoms with Crippen LogP contribution in [0.15, 0.2) is 41.1 Å². The molecule has 0 aliphatic carbocycles. The molecule has 0 aliphatic rings. The average molecular weight is 277 g/mol. The van der Waals surface area contributed by atoms with Gasteiger partial charge in [0.15, 0.2) is 5.15 Å². The fraction of sp³-hybridized carbons (Fsp3) is 0.0769. The third kappa shape index (κ3) is 1.98. The van der Waals surface area contributed by atoms with E-state index in [2.05, 4.69) is 4.98 Å². The summed E-state index contributed by atoms with van der Waals surface area (Å²) in [7, 11) is 0. The first-order chi connectivity index (χ1) is 9.16. The molecule has 0 unspecified atom stereocenters. The van der Waals surface area contributed by atoms with Crippen LogP contribution in [0.2, 0.25) is 5.15 Å². The maximum Gasteiger partial charge on any atom is 0.337 e. The molecule has 0 atom stereocenters. The van der Waals surface area contributed by atoms with Gasteiger partial charge in [0.05, 0.1) is 23.8 Å². The van der Waals surface area contributed by atoms with Crippen LogP contribution in [-0.4, -0.2) is 20.5 Å². The highest BCUT2D eigenvalue weighted by Crippen LogP contribution is 2.23. The lowest BCUT2D eigenvalue weighted by Crippen LogP contribution is -2.01. The zero-order valence-electron chi connectivity index (χ0n) is 9.71. The smallest absolute Gasteiger partial charge is 0.337 e. The molecule has 19 heavy (non-hydrogen) atoms. The minimum absolute atomic E-state index is 0.130. The summed E-state index contributed by atoms with van der Waals surface area (Å²) in [5, 5.41) is 9.34. The quantitative estimate of drug-likeness (QED) is 0.799. The summed E-state index contributed by atoms with van der Waals surface area (Å²) in [6.07, 6.45) is 3.76. The van der Waals surface area contributed by atoms with Gasteiger partial charge in [-0.1, -0.05) is 11.6 Å². The highest BCUT2D eigenvalue weighted by atomic mass is 35.5. The lowest BCUT2D eigenvalue weighted by Gasteiger charge is -2.01. The highest BCUT2D eigenvalue weighted by molar-refractivity contribution is 6.33. The van der Waals surface area contributed by atoms with Crippen molar-refractivity contribution in [2.45, 2.75) is 6.42 Å². The van der Waals surface area contributed by atoms with E-state index in [0.717, 1.165) is 5.76 Å². The third-order valence-corrected chi connectivity index (χ3v) is 3.10. The van der Waals surface area contributed by atoms with Gasteiger partial charge in [-0.15, -0.1) is 0 Å². The number of carbonyl (C=O) groups is 1. The second kappa shape index (κ2) is 4.44. The third-order valence-electron chi connectivity index (χ3n) is 2.84. The van der Waals surface area contributed by atoms with Gasteiger partial charge in [0.1, 0.15) is 11.6 Å². The number of halogens is 1. The summed E-state index contributed by atoms with van der Waals surface area (Å²) in [6, 6.07) is 6.77. The van der Waals surface area contributed by atoms with Crippen molar-refractivity contribution in [2.75, 3.05) is 0 Å². The molecule has 1 N–H and O–H groups in total. The van der Waals surface area contributed by atoms with Gasteiger partial charge in [-0.2, -0.15) is 0 Å². The molecule has 0 aromatic carbocycles. The first-order valence-corrected chi connectivity index (χ1v) is 5.95. The Morgan fingerprint density at radius 3 is 2.95 bits per heavy atom. The maximum atomic E-state index is 11.2. The van der Waals surface area contributed by atoms with Crippen LogP contribution in [0.3, 0.4) is 0 Å². The van der Waals surface area contributed by atoms with Gasteiger partial charge in [-0.3, -0.25) is 0 Å². The molecule has 0 radical (unpaired) electrons. The Hall–Kier alpha value is -2.27. The predicted octanol–water partition coefficient (Wildman–Crippen LogP) is 2.87. The number of hydrogen-bond donors (Lipinski definition) is 1. The number of pyridine rings is 1. The number of aromatic nitrogens is 2. The molecule has 3 aromatic rings. The molecule has 96 valence electrons. The number of carboxylic acids is 1. The van der Waals surface area contributed by atoms with E-state index >= 15 is 0 Å². The van der Waals surface area contributed by atoms with E-state index in [1.807, 2.05) is 6.07 Å². The lowest BCUT2D eigenvalue weighted by molar-refractivity contribution is 0.0698. The van der Waals surface area contributed by atoms with E-state index in [9.17, 15) is 4.79 Å². The van der Waals surface area contributed by atoms with Crippen molar-refractivity contribution in [1.82, 2.24) is 9.38 Å². The Bertz CT molecular complexity index is 747. The van der Waals surface area contributed by atoms with Crippen LogP contribution in [-0.2, 0) is 6.42 Å². The highest BCUT2D eigenvalue weighted by Gasteiger charge is 2.17. The summed E-state index contributed by atoms with van der Waals surface area (Å²) in [5.41, 5.74) is 0.531. The van der Waals surface area contributed by atoms with Gasteiger partial charge < -0.3 is 13.9 Å². The van der Waals surface area contributed by atoms with Gasteiger partial charge in [0, 0.05) is 6.20 Å². The minimum Gasteiger partial charge on any atom is -0.478 e. The van der Waals surface area contributed by atoms with Crippen LogP contribution in [0.1, 0.15) is 21.9 Å². The van der Waals surface area contributed by atoms with Crippen LogP contribution in [0.4, 0.5) is 0 Å². The summed E-state index contributed by atoms with van der Waals surface area (Å²) in [6.45, 7) is 0. The molecule has 3 aromatic heterocycles. The summed E-state index contributed by atoms with van der Waals surface area (Å²) >= 11 is 6.04. The molecular weight excluding hydrogens is 268 g/mol. The Kier molecular flexibility index (Phi) is 2.76. The van der Waals surface area contributed by atoms with Gasteiger partial charge in [-0.25, -0.2) is 9.78 Å². The van der Waals surface area contributed by atoms with Crippen molar-refractivity contribution in [3.05, 3.63) is 59.0 Å². The van der Waals surface area contributed by atoms with Crippen LogP contribution < -0.4 is 0 Å². The summed E-state index contributed by atoms with van der Waals surface area (Å²) in [4.78, 5) is 15.4. The van der Waals surface area contributed by atoms with Crippen LogP contribution >= 0.6 is 11.6 Å². The Morgan fingerprint density at radius 2 is 2.26 bits per heavy atom. The molecule has 3 rings (SSSR count). The van der Waals surface area contributed by atoms with E-state index in [4.69, 9.17) is 21.1 Å². The van der Waals surface area contributed by atoms with Gasteiger partial charge in [0.2, 0.25) is 0 Å². The topological polar surface area (TPSA) is 67.7 Å². The standard InChI is InChI=1S/C13H9ClN2O3/c14-12-11-9(13(17)18)4-1-5-16(11)10(15-12)7-8-3-2-6-19-8/h1-6H,7H2,(H,17,18). The number of nitrogens with zero attached hydrogens (tertiary/aromatic N) is 2. The number of rotatable bonds is 3. The molecular formula is C13H9ClN2O3. The van der Waals surface area contributed by atoms with Crippen molar-refractivity contribution in [3.8, 4) is 0 Å². The lowest BCUT2D eigenvalue weighted by atomic mass is 10.2. The minimum atomic E-state index is -1.03. The molecule has 6 heteroatoms. The molecule has 0 bridgehead atoms. The van der Waals surface area contributed by atoms with Gasteiger partial charge in [-0.05, 0) is 24.3 Å². The average Bonchev–Trinajstić information content (AvgIpc) is 2.99. The van der Waals surface area contributed by atoms with Crippen molar-refractivity contribution < 1.29 is 14.3 Å². The second-order valence-electron chi connectivity index (χ2n) is 4.02. The van der Waals surface area contributed by atoms with Gasteiger partial charge >= 0.3 is 5.97 Å². The van der Waals surface area contributed by atoms with Crippen molar-refractivity contribution in [1.29, 1.82) is 0 Å². The SMILES string of the molecule is O=C(O)c1cccn2c(Cc3ccco3)nc(Cl)c12. The molecule has 3 heterocycles. The zero-order chi connectivity index (χ0) is 13.4. The molecule has 0 fully saturated rings. The Labute approximate surface area is 113 Å². The predicted molar refractivity (Wildman–Crippen MR) is 68.7 cm³/mol. The zero-order valence-corrected chi connectivity index (χ0v) is 10.5. The van der Waals surface area contributed by atoms with E-state index in [-0.39, 0.29) is 10.7 Å². The van der Waals surface area contributed by atoms with Crippen LogP contribution in [0, 0.1) is 0 Å². The second-order valence-corrected chi connectivity index (χ2v) is 4.38. The molecule has 5 nitrogen and oxygen atoms in total. The van der Waals surface area contributed by atoms with Crippen molar-refractivity contribution in [2.24, 2.45) is 0 Å². The number of hydrogen-bond acceptors (Lipinski definition) is 3. The van der Waals surface area contributed by atoms with Crippen LogP contribution in [0.25, 0.3) is 5.52 Å². The fourth-order valence-electron chi connectivity index (χ4n) is 2.02. The molecule has 0 saturated carbocycles. The maximum absolute atomic E-state index is 11.2. The number of aromatic carboxylic acids is 1. The largest absolute Gasteiger partial charge is 0.478 e. The van der Waals surface area contributed by atoms with E-state index in [0.29, 0.717) is 17.8 Å². The normalized spacial score (nSPS) is 11.0. The number of imidazole rings is 1. The van der Waals surface area contributed by atoms with Crippen molar-refractivity contribution in [3.63, 3.8) is 0 Å². The molecule has 0 aliphatic heterocycles. The number of furan rings is 1. The van der Waals surface area contributed by atoms with Gasteiger partial charge in [0.25, 0.3) is 0 Å².